The first-order valence-electron chi connectivity index (χ1n) is 5.43. The van der Waals surface area contributed by atoms with E-state index in [2.05, 4.69) is 36.1 Å². The van der Waals surface area contributed by atoms with E-state index in [0.717, 1.165) is 29.4 Å². The lowest BCUT2D eigenvalue weighted by Crippen LogP contribution is -2.24. The van der Waals surface area contributed by atoms with Crippen LogP contribution in [0.5, 0.6) is 0 Å². The Bertz CT molecular complexity index is 274. The number of thioether (sulfide) groups is 1. The molecule has 1 heterocycles. The molecule has 1 rings (SSSR count). The summed E-state index contributed by atoms with van der Waals surface area (Å²) < 4.78 is 0. The summed E-state index contributed by atoms with van der Waals surface area (Å²) in [4.78, 5) is 8.57. The molecule has 0 radical (unpaired) electrons. The van der Waals surface area contributed by atoms with Crippen molar-refractivity contribution in [3.05, 3.63) is 18.0 Å². The molecular formula is C11H19N3S. The standard InChI is InChI=1S/C11H19N3S/c1-4-9(3)12-6-10-7-13-11(14-8-10)15-5-2/h7-9,12H,4-6H2,1-3H3. The lowest BCUT2D eigenvalue weighted by atomic mass is 10.2. The minimum atomic E-state index is 0.551. The van der Waals surface area contributed by atoms with Crippen LogP contribution < -0.4 is 5.32 Å². The van der Waals surface area contributed by atoms with Gasteiger partial charge in [-0.15, -0.1) is 0 Å². The van der Waals surface area contributed by atoms with Crippen LogP contribution in [-0.2, 0) is 6.54 Å². The average molecular weight is 225 g/mol. The van der Waals surface area contributed by atoms with Crippen molar-refractivity contribution in [2.75, 3.05) is 5.75 Å². The highest BCUT2D eigenvalue weighted by Gasteiger charge is 2.00. The van der Waals surface area contributed by atoms with Gasteiger partial charge in [0.05, 0.1) is 0 Å². The third-order valence-corrected chi connectivity index (χ3v) is 2.98. The summed E-state index contributed by atoms with van der Waals surface area (Å²) in [5, 5.41) is 4.28. The minimum absolute atomic E-state index is 0.551. The molecule has 0 fully saturated rings. The Balaban J connectivity index is 2.42. The molecule has 3 nitrogen and oxygen atoms in total. The lowest BCUT2D eigenvalue weighted by molar-refractivity contribution is 0.532. The molecular weight excluding hydrogens is 206 g/mol. The maximum atomic E-state index is 4.28. The van der Waals surface area contributed by atoms with Crippen LogP contribution in [0.25, 0.3) is 0 Å². The van der Waals surface area contributed by atoms with Crippen molar-refractivity contribution in [3.8, 4) is 0 Å². The van der Waals surface area contributed by atoms with Crippen LogP contribution in [0.1, 0.15) is 32.8 Å². The lowest BCUT2D eigenvalue weighted by Gasteiger charge is -2.10. The smallest absolute Gasteiger partial charge is 0.187 e. The summed E-state index contributed by atoms with van der Waals surface area (Å²) in [6.45, 7) is 7.32. The maximum Gasteiger partial charge on any atom is 0.187 e. The zero-order valence-corrected chi connectivity index (χ0v) is 10.5. The number of hydrogen-bond acceptors (Lipinski definition) is 4. The van der Waals surface area contributed by atoms with Gasteiger partial charge in [0.25, 0.3) is 0 Å². The fourth-order valence-electron chi connectivity index (χ4n) is 1.07. The predicted molar refractivity (Wildman–Crippen MR) is 65.0 cm³/mol. The van der Waals surface area contributed by atoms with E-state index in [9.17, 15) is 0 Å². The molecule has 0 aliphatic heterocycles. The van der Waals surface area contributed by atoms with Gasteiger partial charge in [-0.25, -0.2) is 9.97 Å². The summed E-state index contributed by atoms with van der Waals surface area (Å²) in [6.07, 6.45) is 4.95. The summed E-state index contributed by atoms with van der Waals surface area (Å²) in [6, 6.07) is 0.551. The van der Waals surface area contributed by atoms with Gasteiger partial charge in [0, 0.05) is 30.5 Å². The zero-order chi connectivity index (χ0) is 11.1. The van der Waals surface area contributed by atoms with Crippen LogP contribution >= 0.6 is 11.8 Å². The van der Waals surface area contributed by atoms with Gasteiger partial charge >= 0.3 is 0 Å². The topological polar surface area (TPSA) is 37.8 Å². The number of rotatable bonds is 6. The molecule has 0 aliphatic carbocycles. The first-order valence-corrected chi connectivity index (χ1v) is 6.41. The normalized spacial score (nSPS) is 12.7. The van der Waals surface area contributed by atoms with Gasteiger partial charge in [-0.3, -0.25) is 0 Å². The molecule has 1 aromatic heterocycles. The second-order valence-electron chi connectivity index (χ2n) is 3.50. The van der Waals surface area contributed by atoms with E-state index in [4.69, 9.17) is 0 Å². The minimum Gasteiger partial charge on any atom is -0.310 e. The van der Waals surface area contributed by atoms with Crippen LogP contribution in [0.3, 0.4) is 0 Å². The third kappa shape index (κ3) is 4.62. The van der Waals surface area contributed by atoms with Crippen LogP contribution in [0.4, 0.5) is 0 Å². The molecule has 1 aromatic rings. The van der Waals surface area contributed by atoms with Crippen molar-refractivity contribution < 1.29 is 0 Å². The van der Waals surface area contributed by atoms with E-state index in [-0.39, 0.29) is 0 Å². The number of nitrogens with zero attached hydrogens (tertiary/aromatic N) is 2. The first-order chi connectivity index (χ1) is 7.26. The zero-order valence-electron chi connectivity index (χ0n) is 9.66. The van der Waals surface area contributed by atoms with Crippen molar-refractivity contribution in [3.63, 3.8) is 0 Å². The Morgan fingerprint density at radius 1 is 1.33 bits per heavy atom. The van der Waals surface area contributed by atoms with Gasteiger partial charge in [-0.05, 0) is 19.1 Å². The molecule has 0 saturated heterocycles. The Hall–Kier alpha value is -0.610. The number of hydrogen-bond donors (Lipinski definition) is 1. The summed E-state index contributed by atoms with van der Waals surface area (Å²) in [7, 11) is 0. The van der Waals surface area contributed by atoms with Gasteiger partial charge in [0.2, 0.25) is 0 Å². The second kappa shape index (κ2) is 6.80. The number of aromatic nitrogens is 2. The van der Waals surface area contributed by atoms with Gasteiger partial charge in [0.15, 0.2) is 5.16 Å². The predicted octanol–water partition coefficient (Wildman–Crippen LogP) is 2.48. The molecule has 1 N–H and O–H groups in total. The summed E-state index contributed by atoms with van der Waals surface area (Å²) in [5.74, 6) is 1.02. The van der Waals surface area contributed by atoms with Crippen LogP contribution in [0.15, 0.2) is 17.6 Å². The van der Waals surface area contributed by atoms with Crippen molar-refractivity contribution in [2.45, 2.75) is 44.9 Å². The van der Waals surface area contributed by atoms with Crippen LogP contribution in [0.2, 0.25) is 0 Å². The third-order valence-electron chi connectivity index (χ3n) is 2.22. The molecule has 1 unspecified atom stereocenters. The molecule has 0 spiro atoms. The van der Waals surface area contributed by atoms with E-state index in [0.29, 0.717) is 6.04 Å². The van der Waals surface area contributed by atoms with Crippen molar-refractivity contribution in [1.29, 1.82) is 0 Å². The van der Waals surface area contributed by atoms with E-state index in [1.807, 2.05) is 12.4 Å². The Kier molecular flexibility index (Phi) is 5.65. The summed E-state index contributed by atoms with van der Waals surface area (Å²) >= 11 is 1.67. The van der Waals surface area contributed by atoms with Crippen molar-refractivity contribution in [2.24, 2.45) is 0 Å². The highest BCUT2D eigenvalue weighted by atomic mass is 32.2. The van der Waals surface area contributed by atoms with Crippen molar-refractivity contribution >= 4 is 11.8 Å². The van der Waals surface area contributed by atoms with E-state index < -0.39 is 0 Å². The van der Waals surface area contributed by atoms with Gasteiger partial charge in [-0.2, -0.15) is 0 Å². The maximum absolute atomic E-state index is 4.28. The molecule has 1 atom stereocenters. The highest BCUT2D eigenvalue weighted by Crippen LogP contribution is 2.10. The highest BCUT2D eigenvalue weighted by molar-refractivity contribution is 7.99. The molecule has 15 heavy (non-hydrogen) atoms. The fraction of sp³-hybridized carbons (Fsp3) is 0.636. The van der Waals surface area contributed by atoms with E-state index >= 15 is 0 Å². The molecule has 0 bridgehead atoms. The van der Waals surface area contributed by atoms with Crippen LogP contribution in [0, 0.1) is 0 Å². The molecule has 84 valence electrons. The molecule has 0 aromatic carbocycles. The SMILES string of the molecule is CCSc1ncc(CNC(C)CC)cn1. The molecule has 0 amide bonds. The molecule has 4 heteroatoms. The van der Waals surface area contributed by atoms with Crippen LogP contribution in [-0.4, -0.2) is 21.8 Å². The monoisotopic (exact) mass is 225 g/mol. The molecule has 0 saturated carbocycles. The van der Waals surface area contributed by atoms with E-state index in [1.165, 1.54) is 0 Å². The summed E-state index contributed by atoms with van der Waals surface area (Å²) in [5.41, 5.74) is 1.15. The van der Waals surface area contributed by atoms with E-state index in [1.54, 1.807) is 11.8 Å². The second-order valence-corrected chi connectivity index (χ2v) is 4.73. The van der Waals surface area contributed by atoms with Gasteiger partial charge in [-0.1, -0.05) is 25.6 Å². The van der Waals surface area contributed by atoms with Gasteiger partial charge < -0.3 is 5.32 Å². The largest absolute Gasteiger partial charge is 0.310 e. The molecule has 0 aliphatic rings. The average Bonchev–Trinajstić information content (AvgIpc) is 2.28. The van der Waals surface area contributed by atoms with Gasteiger partial charge in [0.1, 0.15) is 0 Å². The fourth-order valence-corrected chi connectivity index (χ4v) is 1.59. The quantitative estimate of drug-likeness (QED) is 0.596. The number of nitrogens with one attached hydrogen (secondary N) is 1. The Labute approximate surface area is 96.1 Å². The Morgan fingerprint density at radius 3 is 2.53 bits per heavy atom. The first kappa shape index (κ1) is 12.5. The van der Waals surface area contributed by atoms with Crippen molar-refractivity contribution in [1.82, 2.24) is 15.3 Å². The Morgan fingerprint density at radius 2 is 2.00 bits per heavy atom.